The van der Waals surface area contributed by atoms with E-state index in [9.17, 15) is 0 Å². The van der Waals surface area contributed by atoms with Crippen LogP contribution in [0.25, 0.3) is 11.3 Å². The maximum Gasteiger partial charge on any atom is 0.119 e. The smallest absolute Gasteiger partial charge is 0.119 e. The van der Waals surface area contributed by atoms with Gasteiger partial charge in [-0.1, -0.05) is 12.1 Å². The molecule has 2 rings (SSSR count). The van der Waals surface area contributed by atoms with Crippen molar-refractivity contribution in [1.29, 1.82) is 0 Å². The van der Waals surface area contributed by atoms with Crippen LogP contribution >= 0.6 is 0 Å². The fraction of sp³-hybridized carbons (Fsp3) is 0.250. The van der Waals surface area contributed by atoms with Crippen LogP contribution in [0.4, 0.5) is 0 Å². The predicted octanol–water partition coefficient (Wildman–Crippen LogP) is 1.52. The number of nitrogens with zero attached hydrogens (tertiary/aromatic N) is 2. The van der Waals surface area contributed by atoms with E-state index in [0.29, 0.717) is 6.54 Å². The third-order valence-corrected chi connectivity index (χ3v) is 2.36. The topological polar surface area (TPSA) is 53.1 Å². The van der Waals surface area contributed by atoms with Crippen LogP contribution in [0.5, 0.6) is 5.75 Å². The van der Waals surface area contributed by atoms with Crippen molar-refractivity contribution >= 4 is 0 Å². The highest BCUT2D eigenvalue weighted by molar-refractivity contribution is 5.60. The molecule has 1 aromatic heterocycles. The Hall–Kier alpha value is -1.81. The Bertz CT molecular complexity index is 465. The van der Waals surface area contributed by atoms with E-state index in [-0.39, 0.29) is 0 Å². The molecule has 0 spiro atoms. The lowest BCUT2D eigenvalue weighted by molar-refractivity contribution is 0.415. The Morgan fingerprint density at radius 3 is 3.00 bits per heavy atom. The lowest BCUT2D eigenvalue weighted by atomic mass is 10.1. The van der Waals surface area contributed by atoms with Gasteiger partial charge in [0.25, 0.3) is 0 Å². The first-order chi connectivity index (χ1) is 7.83. The summed E-state index contributed by atoms with van der Waals surface area (Å²) in [6, 6.07) is 9.83. The molecular formula is C12H15N3O. The van der Waals surface area contributed by atoms with Gasteiger partial charge in [-0.2, -0.15) is 5.10 Å². The highest BCUT2D eigenvalue weighted by Gasteiger charge is 2.02. The zero-order valence-electron chi connectivity index (χ0n) is 9.26. The van der Waals surface area contributed by atoms with E-state index in [0.717, 1.165) is 23.6 Å². The van der Waals surface area contributed by atoms with Gasteiger partial charge in [-0.15, -0.1) is 0 Å². The van der Waals surface area contributed by atoms with Crippen LogP contribution in [0.3, 0.4) is 0 Å². The summed E-state index contributed by atoms with van der Waals surface area (Å²) in [6.07, 6.45) is 1.93. The SMILES string of the molecule is COc1cccc(-c2ccn(CCN)n2)c1. The summed E-state index contributed by atoms with van der Waals surface area (Å²) < 4.78 is 7.02. The lowest BCUT2D eigenvalue weighted by Gasteiger charge is -2.01. The molecule has 0 unspecified atom stereocenters. The number of nitrogens with two attached hydrogens (primary N) is 1. The molecule has 16 heavy (non-hydrogen) atoms. The average molecular weight is 217 g/mol. The van der Waals surface area contributed by atoms with E-state index < -0.39 is 0 Å². The standard InChI is InChI=1S/C12H15N3O/c1-16-11-4-2-3-10(9-11)12-5-7-15(14-12)8-6-13/h2-5,7,9H,6,8,13H2,1H3. The highest BCUT2D eigenvalue weighted by Crippen LogP contribution is 2.21. The van der Waals surface area contributed by atoms with Crippen LogP contribution in [0.1, 0.15) is 0 Å². The Morgan fingerprint density at radius 1 is 1.38 bits per heavy atom. The molecule has 1 heterocycles. The van der Waals surface area contributed by atoms with Crippen LogP contribution in [0.2, 0.25) is 0 Å². The molecule has 0 bridgehead atoms. The maximum atomic E-state index is 5.47. The van der Waals surface area contributed by atoms with E-state index >= 15 is 0 Å². The maximum absolute atomic E-state index is 5.47. The number of ether oxygens (including phenoxy) is 1. The average Bonchev–Trinajstić information content (AvgIpc) is 2.78. The van der Waals surface area contributed by atoms with Gasteiger partial charge in [-0.05, 0) is 18.2 Å². The van der Waals surface area contributed by atoms with Crippen molar-refractivity contribution < 1.29 is 4.74 Å². The quantitative estimate of drug-likeness (QED) is 0.844. The van der Waals surface area contributed by atoms with Gasteiger partial charge in [-0.25, -0.2) is 0 Å². The van der Waals surface area contributed by atoms with E-state index in [2.05, 4.69) is 5.10 Å². The first kappa shape index (κ1) is 10.7. The number of hydrogen-bond acceptors (Lipinski definition) is 3. The molecule has 0 saturated heterocycles. The molecule has 2 aromatic rings. The summed E-state index contributed by atoms with van der Waals surface area (Å²) >= 11 is 0. The van der Waals surface area contributed by atoms with Gasteiger partial charge in [0.05, 0.1) is 19.3 Å². The molecule has 0 aliphatic heterocycles. The zero-order chi connectivity index (χ0) is 11.4. The fourth-order valence-corrected chi connectivity index (χ4v) is 1.55. The third kappa shape index (κ3) is 2.23. The van der Waals surface area contributed by atoms with Gasteiger partial charge >= 0.3 is 0 Å². The summed E-state index contributed by atoms with van der Waals surface area (Å²) in [6.45, 7) is 1.34. The summed E-state index contributed by atoms with van der Waals surface area (Å²) in [5.41, 5.74) is 7.46. The molecule has 0 fully saturated rings. The minimum Gasteiger partial charge on any atom is -0.497 e. The molecule has 0 amide bonds. The molecule has 0 atom stereocenters. The van der Waals surface area contributed by atoms with E-state index in [1.54, 1.807) is 7.11 Å². The second-order valence-electron chi connectivity index (χ2n) is 3.48. The molecule has 2 N–H and O–H groups in total. The largest absolute Gasteiger partial charge is 0.497 e. The fourth-order valence-electron chi connectivity index (χ4n) is 1.55. The summed E-state index contributed by atoms with van der Waals surface area (Å²) in [5.74, 6) is 0.839. The van der Waals surface area contributed by atoms with E-state index in [4.69, 9.17) is 10.5 Å². The molecular weight excluding hydrogens is 202 g/mol. The molecule has 4 nitrogen and oxygen atoms in total. The van der Waals surface area contributed by atoms with Gasteiger partial charge in [0.15, 0.2) is 0 Å². The van der Waals surface area contributed by atoms with Gasteiger partial charge in [0, 0.05) is 18.3 Å². The number of methoxy groups -OCH3 is 1. The first-order valence-corrected chi connectivity index (χ1v) is 5.21. The summed E-state index contributed by atoms with van der Waals surface area (Å²) in [5, 5.41) is 4.43. The van der Waals surface area contributed by atoms with Gasteiger partial charge in [0.1, 0.15) is 5.75 Å². The van der Waals surface area contributed by atoms with Crippen molar-refractivity contribution in [3.63, 3.8) is 0 Å². The summed E-state index contributed by atoms with van der Waals surface area (Å²) in [7, 11) is 1.66. The Balaban J connectivity index is 2.27. The molecule has 0 saturated carbocycles. The molecule has 0 radical (unpaired) electrons. The van der Waals surface area contributed by atoms with Gasteiger partial charge in [-0.3, -0.25) is 4.68 Å². The van der Waals surface area contributed by atoms with Crippen LogP contribution in [-0.4, -0.2) is 23.4 Å². The van der Waals surface area contributed by atoms with Crippen LogP contribution in [-0.2, 0) is 6.54 Å². The van der Waals surface area contributed by atoms with Crippen molar-refractivity contribution in [3.8, 4) is 17.0 Å². The van der Waals surface area contributed by atoms with E-state index in [1.807, 2.05) is 41.2 Å². The number of aromatic nitrogens is 2. The monoisotopic (exact) mass is 217 g/mol. The molecule has 0 aliphatic carbocycles. The number of rotatable bonds is 4. The Kier molecular flexibility index (Phi) is 3.22. The highest BCUT2D eigenvalue weighted by atomic mass is 16.5. The van der Waals surface area contributed by atoms with E-state index in [1.165, 1.54) is 0 Å². The van der Waals surface area contributed by atoms with Crippen molar-refractivity contribution in [1.82, 2.24) is 9.78 Å². The normalized spacial score (nSPS) is 10.4. The van der Waals surface area contributed by atoms with Crippen molar-refractivity contribution in [2.45, 2.75) is 6.54 Å². The van der Waals surface area contributed by atoms with Crippen molar-refractivity contribution in [2.75, 3.05) is 13.7 Å². The number of hydrogen-bond donors (Lipinski definition) is 1. The van der Waals surface area contributed by atoms with Crippen LogP contribution < -0.4 is 10.5 Å². The van der Waals surface area contributed by atoms with Crippen molar-refractivity contribution in [3.05, 3.63) is 36.5 Å². The summed E-state index contributed by atoms with van der Waals surface area (Å²) in [4.78, 5) is 0. The zero-order valence-corrected chi connectivity index (χ0v) is 9.26. The minimum absolute atomic E-state index is 0.596. The Labute approximate surface area is 94.6 Å². The minimum atomic E-state index is 0.596. The van der Waals surface area contributed by atoms with Crippen molar-refractivity contribution in [2.24, 2.45) is 5.73 Å². The lowest BCUT2D eigenvalue weighted by Crippen LogP contribution is -2.09. The second kappa shape index (κ2) is 4.81. The molecule has 4 heteroatoms. The van der Waals surface area contributed by atoms with Crippen LogP contribution in [0.15, 0.2) is 36.5 Å². The number of benzene rings is 1. The first-order valence-electron chi connectivity index (χ1n) is 5.21. The second-order valence-corrected chi connectivity index (χ2v) is 3.48. The molecule has 0 aliphatic rings. The predicted molar refractivity (Wildman–Crippen MR) is 63.3 cm³/mol. The van der Waals surface area contributed by atoms with Gasteiger partial charge < -0.3 is 10.5 Å². The molecule has 1 aromatic carbocycles. The van der Waals surface area contributed by atoms with Gasteiger partial charge in [0.2, 0.25) is 0 Å². The third-order valence-electron chi connectivity index (χ3n) is 2.36. The molecule has 84 valence electrons. The Morgan fingerprint density at radius 2 is 2.25 bits per heavy atom. The van der Waals surface area contributed by atoms with Crippen LogP contribution in [0, 0.1) is 0 Å².